The quantitative estimate of drug-likeness (QED) is 0.168. The summed E-state index contributed by atoms with van der Waals surface area (Å²) in [6, 6.07) is 41.5. The first-order valence-electron chi connectivity index (χ1n) is 14.2. The zero-order valence-corrected chi connectivity index (χ0v) is 25.7. The van der Waals surface area contributed by atoms with Crippen molar-refractivity contribution in [3.8, 4) is 33.4 Å². The number of rotatable bonds is 7. The van der Waals surface area contributed by atoms with Crippen LogP contribution in [0.15, 0.2) is 126 Å². The molecule has 0 aliphatic carbocycles. The van der Waals surface area contributed by atoms with Gasteiger partial charge in [-0.05, 0) is 45.9 Å². The van der Waals surface area contributed by atoms with Crippen molar-refractivity contribution in [2.24, 2.45) is 4.99 Å². The molecule has 0 atom stereocenters. The fourth-order valence-corrected chi connectivity index (χ4v) is 6.78. The van der Waals surface area contributed by atoms with E-state index in [4.69, 9.17) is 10.7 Å². The number of aromatic nitrogens is 1. The molecular weight excluding hydrogens is 582 g/mol. The van der Waals surface area contributed by atoms with Gasteiger partial charge in [-0.3, -0.25) is 5.41 Å². The Bertz CT molecular complexity index is 1990. The van der Waals surface area contributed by atoms with Gasteiger partial charge >= 0.3 is 0 Å². The largest absolute Gasteiger partial charge is 0.382 e. The van der Waals surface area contributed by atoms with E-state index in [1.807, 2.05) is 48.5 Å². The van der Waals surface area contributed by atoms with Gasteiger partial charge in [0, 0.05) is 23.2 Å². The molecule has 1 aromatic heterocycles. The molecule has 0 bridgehead atoms. The summed E-state index contributed by atoms with van der Waals surface area (Å²) in [5.74, 6) is 0.643. The molecule has 6 aromatic rings. The highest BCUT2D eigenvalue weighted by Gasteiger charge is 2.34. The van der Waals surface area contributed by atoms with Gasteiger partial charge in [0.25, 0.3) is 0 Å². The van der Waals surface area contributed by atoms with Crippen molar-refractivity contribution < 1.29 is 0 Å². The number of nitrogens with two attached hydrogens (primary N) is 1. The van der Waals surface area contributed by atoms with Gasteiger partial charge in [-0.15, -0.1) is 12.4 Å². The van der Waals surface area contributed by atoms with Crippen LogP contribution in [-0.2, 0) is 6.54 Å². The summed E-state index contributed by atoms with van der Waals surface area (Å²) in [5, 5.41) is 13.4. The lowest BCUT2D eigenvalue weighted by Gasteiger charge is -2.23. The number of aliphatic imine (C=N–C) groups is 1. The van der Waals surface area contributed by atoms with Crippen LogP contribution in [0.3, 0.4) is 0 Å². The molecule has 0 unspecified atom stereocenters. The van der Waals surface area contributed by atoms with Crippen molar-refractivity contribution in [1.29, 1.82) is 5.41 Å². The summed E-state index contributed by atoms with van der Waals surface area (Å²) in [4.78, 5) is 10.3. The van der Waals surface area contributed by atoms with Crippen LogP contribution in [-0.4, -0.2) is 16.5 Å². The summed E-state index contributed by atoms with van der Waals surface area (Å²) in [5.41, 5.74) is 17.7. The number of hydrogen-bond acceptors (Lipinski definition) is 5. The topological polar surface area (TPSA) is 87.2 Å². The molecule has 2 heterocycles. The van der Waals surface area contributed by atoms with Gasteiger partial charge < -0.3 is 11.1 Å². The highest BCUT2D eigenvalue weighted by atomic mass is 35.5. The van der Waals surface area contributed by atoms with Gasteiger partial charge in [-0.25, -0.2) is 9.98 Å². The molecular formula is C37H30ClN5S. The lowest BCUT2D eigenvalue weighted by molar-refractivity contribution is 1.14. The summed E-state index contributed by atoms with van der Waals surface area (Å²) in [6.07, 6.45) is 0. The Balaban J connectivity index is 0.00000343. The highest BCUT2D eigenvalue weighted by molar-refractivity contribution is 7.18. The number of nitrogen functional groups attached to an aromatic ring is 1. The predicted octanol–water partition coefficient (Wildman–Crippen LogP) is 9.24. The van der Waals surface area contributed by atoms with Crippen molar-refractivity contribution in [3.63, 3.8) is 0 Å². The maximum Gasteiger partial charge on any atom is 0.185 e. The predicted molar refractivity (Wildman–Crippen MR) is 187 cm³/mol. The number of thiazole rings is 1. The van der Waals surface area contributed by atoms with Crippen molar-refractivity contribution in [2.45, 2.75) is 13.5 Å². The zero-order chi connectivity index (χ0) is 29.3. The summed E-state index contributed by atoms with van der Waals surface area (Å²) in [6.45, 7) is 2.78. The van der Waals surface area contributed by atoms with Crippen molar-refractivity contribution in [1.82, 2.24) is 4.98 Å². The molecule has 44 heavy (non-hydrogen) atoms. The van der Waals surface area contributed by atoms with Crippen LogP contribution >= 0.6 is 23.7 Å². The second kappa shape index (κ2) is 12.3. The Morgan fingerprint density at radius 3 is 1.68 bits per heavy atom. The van der Waals surface area contributed by atoms with Crippen molar-refractivity contribution >= 4 is 46.2 Å². The smallest absolute Gasteiger partial charge is 0.185 e. The van der Waals surface area contributed by atoms with E-state index in [1.165, 1.54) is 11.3 Å². The van der Waals surface area contributed by atoms with E-state index < -0.39 is 0 Å². The number of benzene rings is 5. The Morgan fingerprint density at radius 2 is 1.14 bits per heavy atom. The van der Waals surface area contributed by atoms with E-state index in [0.717, 1.165) is 65.6 Å². The fourth-order valence-electron chi connectivity index (χ4n) is 5.90. The Kier molecular flexibility index (Phi) is 8.11. The van der Waals surface area contributed by atoms with Crippen LogP contribution in [0.1, 0.15) is 27.1 Å². The fraction of sp³-hybridized carbons (Fsp3) is 0.0541. The lowest BCUT2D eigenvalue weighted by atomic mass is 9.79. The van der Waals surface area contributed by atoms with Gasteiger partial charge in [0.2, 0.25) is 0 Å². The molecule has 7 rings (SSSR count). The standard InChI is InChI=1S/C37H29N5S.ClH/c1-23-28(25-16-8-3-9-17-25)30(26-18-10-4-11-19-26)31(27-20-12-5-13-21-27)32-29(23)33(41-35(32)38)34-36(39)42-37(43-34)40-22-24-14-6-2-7-15-24;/h2-21,38H,22,39H2,1H3,(H,40,42);1H. The van der Waals surface area contributed by atoms with E-state index in [2.05, 4.69) is 90.0 Å². The second-order valence-electron chi connectivity index (χ2n) is 10.5. The van der Waals surface area contributed by atoms with Crippen LogP contribution in [0.4, 0.5) is 10.9 Å². The molecule has 1 aliphatic rings. The van der Waals surface area contributed by atoms with Crippen molar-refractivity contribution in [3.05, 3.63) is 148 Å². The Hall–Kier alpha value is -5.04. The van der Waals surface area contributed by atoms with Gasteiger partial charge in [0.1, 0.15) is 5.82 Å². The van der Waals surface area contributed by atoms with Gasteiger partial charge in [-0.2, -0.15) is 0 Å². The van der Waals surface area contributed by atoms with Crippen LogP contribution in [0, 0.1) is 12.3 Å². The van der Waals surface area contributed by atoms with Gasteiger partial charge in [0.05, 0.1) is 10.6 Å². The second-order valence-corrected chi connectivity index (χ2v) is 11.5. The molecule has 0 radical (unpaired) electrons. The third-order valence-electron chi connectivity index (χ3n) is 7.79. The molecule has 7 heteroatoms. The van der Waals surface area contributed by atoms with Crippen molar-refractivity contribution in [2.75, 3.05) is 11.1 Å². The number of hydrogen-bond donors (Lipinski definition) is 3. The van der Waals surface area contributed by atoms with E-state index in [9.17, 15) is 5.41 Å². The summed E-state index contributed by atoms with van der Waals surface area (Å²) >= 11 is 1.48. The molecule has 5 aromatic carbocycles. The van der Waals surface area contributed by atoms with E-state index in [1.54, 1.807) is 0 Å². The Morgan fingerprint density at radius 1 is 0.659 bits per heavy atom. The van der Waals surface area contributed by atoms with Crippen LogP contribution in [0.5, 0.6) is 0 Å². The van der Waals surface area contributed by atoms with Gasteiger partial charge in [0.15, 0.2) is 11.0 Å². The minimum atomic E-state index is 0. The number of fused-ring (bicyclic) bond motifs is 1. The summed E-state index contributed by atoms with van der Waals surface area (Å²) in [7, 11) is 0. The van der Waals surface area contributed by atoms with Gasteiger partial charge in [-0.1, -0.05) is 133 Å². The first-order valence-corrected chi connectivity index (χ1v) is 15.0. The third-order valence-corrected chi connectivity index (χ3v) is 8.83. The van der Waals surface area contributed by atoms with E-state index >= 15 is 0 Å². The first-order chi connectivity index (χ1) is 21.1. The molecule has 0 saturated heterocycles. The van der Waals surface area contributed by atoms with E-state index in [-0.39, 0.29) is 18.2 Å². The maximum absolute atomic E-state index is 9.24. The monoisotopic (exact) mass is 611 g/mol. The molecule has 1 aliphatic heterocycles. The van der Waals surface area contributed by atoms with Crippen LogP contribution in [0.25, 0.3) is 33.4 Å². The Labute approximate surface area is 267 Å². The lowest BCUT2D eigenvalue weighted by Crippen LogP contribution is -2.09. The van der Waals surface area contributed by atoms with Crippen LogP contribution in [0.2, 0.25) is 0 Å². The average Bonchev–Trinajstić information content (AvgIpc) is 3.60. The maximum atomic E-state index is 9.24. The molecule has 0 spiro atoms. The average molecular weight is 612 g/mol. The number of nitrogens with one attached hydrogen (secondary N) is 2. The van der Waals surface area contributed by atoms with Crippen LogP contribution < -0.4 is 11.1 Å². The SMILES string of the molecule is Cc1c2c(c(-c3ccccc3)c(-c3ccccc3)c1-c1ccccc1)C(=N)N=C2c1sc(NCc2ccccc2)nc1N.Cl. The third kappa shape index (κ3) is 5.19. The number of halogens is 1. The molecule has 0 saturated carbocycles. The normalized spacial score (nSPS) is 11.9. The minimum Gasteiger partial charge on any atom is -0.382 e. The number of nitrogens with zero attached hydrogens (tertiary/aromatic N) is 2. The molecule has 0 amide bonds. The number of amidine groups is 1. The zero-order valence-electron chi connectivity index (χ0n) is 24.0. The molecule has 216 valence electrons. The first kappa shape index (κ1) is 29.1. The molecule has 4 N–H and O–H groups in total. The summed E-state index contributed by atoms with van der Waals surface area (Å²) < 4.78 is 0. The highest BCUT2D eigenvalue weighted by Crippen LogP contribution is 2.49. The molecule has 5 nitrogen and oxygen atoms in total. The minimum absolute atomic E-state index is 0. The molecule has 0 fully saturated rings. The number of anilines is 2. The van der Waals surface area contributed by atoms with E-state index in [0.29, 0.717) is 18.1 Å².